The minimum absolute atomic E-state index is 0.241. The van der Waals surface area contributed by atoms with Crippen LogP contribution in [0.25, 0.3) is 0 Å². The van der Waals surface area contributed by atoms with Gasteiger partial charge in [0.25, 0.3) is 0 Å². The summed E-state index contributed by atoms with van der Waals surface area (Å²) in [6, 6.07) is -2.53. The standard InChI is InChI=1S/C16H30N2O6.C14H26N2O5Se/c1-15(2,3)23-13(21)17-10-8-7-9-11(12(19)20)18-14(22)24-16(4,5)6;1-9(15-13(19)21-14(2,3)4)11(17)16-10(7-8-22-6)12(18)20-5/h11H,7-10H2,1-6H3,(H,17,21)(H,18,22)(H,19,20);9-10H,7-8H2,1-6H3,(H,15,19)(H,16,17)/t;9-,10-/m.0/s1. The van der Waals surface area contributed by atoms with Crippen LogP contribution in [-0.2, 0) is 33.3 Å². The molecule has 0 heterocycles. The Balaban J connectivity index is 0. The molecular weight excluding hydrogens is 671 g/mol. The second-order valence-electron chi connectivity index (χ2n) is 13.2. The summed E-state index contributed by atoms with van der Waals surface area (Å²) in [5.41, 5.74) is -1.89. The number of esters is 1. The molecule has 0 aliphatic heterocycles. The predicted molar refractivity (Wildman–Crippen MR) is 173 cm³/mol. The summed E-state index contributed by atoms with van der Waals surface area (Å²) >= 11 is 0.400. The number of ether oxygens (including phenoxy) is 4. The summed E-state index contributed by atoms with van der Waals surface area (Å²) in [6.07, 6.45) is -0.104. The van der Waals surface area contributed by atoms with Gasteiger partial charge in [0.05, 0.1) is 0 Å². The monoisotopic (exact) mass is 728 g/mol. The molecule has 0 aliphatic rings. The molecule has 0 rings (SSSR count). The average Bonchev–Trinajstić information content (AvgIpc) is 2.86. The summed E-state index contributed by atoms with van der Waals surface area (Å²) in [5, 5.41) is 19.9. The fourth-order valence-electron chi connectivity index (χ4n) is 3.16. The number of nitrogens with one attached hydrogen (secondary N) is 4. The second kappa shape index (κ2) is 21.5. The van der Waals surface area contributed by atoms with E-state index in [2.05, 4.69) is 31.8 Å². The summed E-state index contributed by atoms with van der Waals surface area (Å²) in [7, 11) is 1.28. The number of rotatable bonds is 14. The van der Waals surface area contributed by atoms with Crippen LogP contribution in [0.4, 0.5) is 14.4 Å². The number of carbonyl (C=O) groups excluding carboxylic acids is 5. The molecule has 4 amide bonds. The number of methoxy groups -OCH3 is 1. The molecule has 0 aromatic carbocycles. The second-order valence-corrected chi connectivity index (χ2v) is 15.3. The van der Waals surface area contributed by atoms with Crippen LogP contribution in [0, 0.1) is 0 Å². The van der Waals surface area contributed by atoms with Gasteiger partial charge in [0, 0.05) is 6.54 Å². The number of unbranched alkanes of at least 4 members (excludes halogenated alkanes) is 1. The molecule has 0 aliphatic carbocycles. The van der Waals surface area contributed by atoms with Gasteiger partial charge in [-0.2, -0.15) is 0 Å². The van der Waals surface area contributed by atoms with Crippen LogP contribution >= 0.6 is 0 Å². The van der Waals surface area contributed by atoms with Crippen molar-refractivity contribution >= 4 is 51.1 Å². The Hall–Kier alpha value is -3.26. The van der Waals surface area contributed by atoms with Crippen molar-refractivity contribution in [1.82, 2.24) is 21.3 Å². The van der Waals surface area contributed by atoms with Gasteiger partial charge in [-0.25, -0.2) is 14.4 Å². The quantitative estimate of drug-likeness (QED) is 0.0753. The minimum atomic E-state index is -1.12. The first-order chi connectivity index (χ1) is 20.9. The SMILES string of the molecule is CC(C)(C)OC(=O)NCCCCC(NC(=O)OC(C)(C)C)C(=O)O.COC(=O)[C@H](CC[Se]C)NC(=O)[C@H](C)NC(=O)OC(C)(C)C. The van der Waals surface area contributed by atoms with Gasteiger partial charge in [-0.3, -0.25) is 0 Å². The Morgan fingerprint density at radius 3 is 1.61 bits per heavy atom. The molecule has 0 saturated heterocycles. The van der Waals surface area contributed by atoms with Crippen molar-refractivity contribution in [2.45, 2.75) is 141 Å². The number of amides is 4. The van der Waals surface area contributed by atoms with Crippen molar-refractivity contribution < 1.29 is 52.8 Å². The number of carboxylic acid groups (broad SMARTS) is 1. The average molecular weight is 728 g/mol. The van der Waals surface area contributed by atoms with Gasteiger partial charge < -0.3 is 25.2 Å². The van der Waals surface area contributed by atoms with Gasteiger partial charge in [-0.1, -0.05) is 0 Å². The Morgan fingerprint density at radius 2 is 1.17 bits per heavy atom. The van der Waals surface area contributed by atoms with Gasteiger partial charge >= 0.3 is 156 Å². The molecule has 0 saturated carbocycles. The number of alkyl carbamates (subject to hydrolysis) is 3. The number of hydrogen-bond donors (Lipinski definition) is 5. The molecule has 0 radical (unpaired) electrons. The number of aliphatic carboxylic acids is 1. The molecular formula is C30H56N4O11Se. The van der Waals surface area contributed by atoms with Crippen molar-refractivity contribution in [1.29, 1.82) is 0 Å². The Kier molecular flexibility index (Phi) is 21.0. The van der Waals surface area contributed by atoms with Crippen LogP contribution in [0.1, 0.15) is 94.9 Å². The van der Waals surface area contributed by atoms with Crippen LogP contribution in [0.15, 0.2) is 0 Å². The van der Waals surface area contributed by atoms with Crippen molar-refractivity contribution in [2.24, 2.45) is 0 Å². The first kappa shape index (κ1) is 44.9. The number of carboxylic acids is 1. The molecule has 0 bridgehead atoms. The van der Waals surface area contributed by atoms with Gasteiger partial charge in [0.15, 0.2) is 0 Å². The zero-order valence-electron chi connectivity index (χ0n) is 29.4. The Bertz CT molecular complexity index is 989. The molecule has 0 aromatic heterocycles. The van der Waals surface area contributed by atoms with Gasteiger partial charge in [-0.15, -0.1) is 0 Å². The predicted octanol–water partition coefficient (Wildman–Crippen LogP) is 3.78. The summed E-state index contributed by atoms with van der Waals surface area (Å²) in [6.45, 7) is 17.5. The van der Waals surface area contributed by atoms with E-state index in [1.54, 1.807) is 62.3 Å². The van der Waals surface area contributed by atoms with Crippen LogP contribution in [-0.4, -0.2) is 105 Å². The van der Waals surface area contributed by atoms with Crippen molar-refractivity contribution in [2.75, 3.05) is 13.7 Å². The van der Waals surface area contributed by atoms with Crippen LogP contribution < -0.4 is 21.3 Å². The van der Waals surface area contributed by atoms with Gasteiger partial charge in [-0.05, 0) is 60.8 Å². The van der Waals surface area contributed by atoms with E-state index >= 15 is 0 Å². The third-order valence-electron chi connectivity index (χ3n) is 5.12. The normalized spacial score (nSPS) is 13.3. The van der Waals surface area contributed by atoms with Crippen LogP contribution in [0.2, 0.25) is 11.1 Å². The summed E-state index contributed by atoms with van der Waals surface area (Å²) < 4.78 is 19.9. The molecule has 0 aromatic rings. The molecule has 0 spiro atoms. The van der Waals surface area contributed by atoms with E-state index in [1.165, 1.54) is 14.0 Å². The van der Waals surface area contributed by atoms with Crippen LogP contribution in [0.3, 0.4) is 0 Å². The van der Waals surface area contributed by atoms with Crippen molar-refractivity contribution in [3.8, 4) is 0 Å². The summed E-state index contributed by atoms with van der Waals surface area (Å²) in [4.78, 5) is 69.5. The zero-order valence-corrected chi connectivity index (χ0v) is 31.1. The molecule has 16 heteroatoms. The third kappa shape index (κ3) is 26.0. The van der Waals surface area contributed by atoms with Crippen molar-refractivity contribution in [3.63, 3.8) is 0 Å². The topological polar surface area (TPSA) is 208 Å². The molecule has 46 heavy (non-hydrogen) atoms. The van der Waals surface area contributed by atoms with E-state index < -0.39 is 71.1 Å². The Labute approximate surface area is 279 Å². The van der Waals surface area contributed by atoms with E-state index in [1.807, 2.05) is 0 Å². The molecule has 1 unspecified atom stereocenters. The molecule has 15 nitrogen and oxygen atoms in total. The zero-order chi connectivity index (χ0) is 36.3. The maximum absolute atomic E-state index is 12.1. The van der Waals surface area contributed by atoms with Gasteiger partial charge in [0.2, 0.25) is 0 Å². The molecule has 268 valence electrons. The number of carbonyl (C=O) groups is 6. The van der Waals surface area contributed by atoms with E-state index in [0.717, 1.165) is 5.32 Å². The van der Waals surface area contributed by atoms with Crippen LogP contribution in [0.5, 0.6) is 0 Å². The van der Waals surface area contributed by atoms with Gasteiger partial charge in [0.1, 0.15) is 17.2 Å². The fraction of sp³-hybridized carbons (Fsp3) is 0.800. The maximum atomic E-state index is 12.1. The molecule has 5 N–H and O–H groups in total. The fourth-order valence-corrected chi connectivity index (χ4v) is 4.15. The molecule has 0 fully saturated rings. The van der Waals surface area contributed by atoms with E-state index in [9.17, 15) is 28.8 Å². The van der Waals surface area contributed by atoms with E-state index in [4.69, 9.17) is 19.3 Å². The number of hydrogen-bond acceptors (Lipinski definition) is 10. The van der Waals surface area contributed by atoms with E-state index in [0.29, 0.717) is 40.8 Å². The first-order valence-electron chi connectivity index (χ1n) is 15.0. The Morgan fingerprint density at radius 1 is 0.696 bits per heavy atom. The molecule has 3 atom stereocenters. The third-order valence-corrected chi connectivity index (χ3v) is 6.47. The first-order valence-corrected chi connectivity index (χ1v) is 17.9. The summed E-state index contributed by atoms with van der Waals surface area (Å²) in [5.74, 6) is -0.0107. The van der Waals surface area contributed by atoms with E-state index in [-0.39, 0.29) is 6.42 Å². The van der Waals surface area contributed by atoms with Crippen molar-refractivity contribution in [3.05, 3.63) is 0 Å².